The van der Waals surface area contributed by atoms with Crippen molar-refractivity contribution >= 4 is 28.6 Å². The molecule has 0 unspecified atom stereocenters. The summed E-state index contributed by atoms with van der Waals surface area (Å²) in [7, 11) is 2.03. The predicted octanol–water partition coefficient (Wildman–Crippen LogP) is 3.97. The van der Waals surface area contributed by atoms with Crippen LogP contribution in [-0.2, 0) is 11.3 Å². The number of likely N-dealkylation sites (N-methyl/N-ethyl adjacent to an activating group) is 1. The lowest BCUT2D eigenvalue weighted by Crippen LogP contribution is -2.30. The average molecular weight is 409 g/mol. The molecule has 0 spiro atoms. The summed E-state index contributed by atoms with van der Waals surface area (Å²) in [5.41, 5.74) is 1.88. The quantitative estimate of drug-likeness (QED) is 0.534. The minimum atomic E-state index is -0.259. The van der Waals surface area contributed by atoms with Crippen molar-refractivity contribution in [2.24, 2.45) is 0 Å². The Kier molecular flexibility index (Phi) is 6.39. The fourth-order valence-electron chi connectivity index (χ4n) is 2.31. The van der Waals surface area contributed by atoms with Gasteiger partial charge in [0.05, 0.1) is 5.56 Å². The number of halogens is 1. The number of carbonyl (C=O) groups is 1. The first-order valence-electron chi connectivity index (χ1n) is 7.24. The SMILES string of the molecule is C[C@@H](CN(C)Cc1ccccc1)OC(=O)c1ccccc1I. The third-order valence-corrected chi connectivity index (χ3v) is 4.21. The molecule has 0 fully saturated rings. The van der Waals surface area contributed by atoms with E-state index in [0.29, 0.717) is 12.1 Å². The molecule has 2 rings (SSSR count). The van der Waals surface area contributed by atoms with E-state index in [1.54, 1.807) is 6.07 Å². The smallest absolute Gasteiger partial charge is 0.339 e. The molecule has 0 amide bonds. The number of rotatable bonds is 6. The average Bonchev–Trinajstić information content (AvgIpc) is 2.48. The zero-order chi connectivity index (χ0) is 15.9. The highest BCUT2D eigenvalue weighted by molar-refractivity contribution is 14.1. The molecule has 0 bridgehead atoms. The van der Waals surface area contributed by atoms with E-state index in [4.69, 9.17) is 4.74 Å². The van der Waals surface area contributed by atoms with Gasteiger partial charge in [0.2, 0.25) is 0 Å². The lowest BCUT2D eigenvalue weighted by Gasteiger charge is -2.21. The summed E-state index contributed by atoms with van der Waals surface area (Å²) >= 11 is 2.15. The van der Waals surface area contributed by atoms with Crippen molar-refractivity contribution in [3.63, 3.8) is 0 Å². The van der Waals surface area contributed by atoms with E-state index < -0.39 is 0 Å². The van der Waals surface area contributed by atoms with Crippen molar-refractivity contribution in [3.05, 3.63) is 69.3 Å². The minimum Gasteiger partial charge on any atom is -0.458 e. The van der Waals surface area contributed by atoms with Crippen molar-refractivity contribution in [2.45, 2.75) is 19.6 Å². The van der Waals surface area contributed by atoms with Crippen molar-refractivity contribution in [1.82, 2.24) is 4.90 Å². The van der Waals surface area contributed by atoms with E-state index in [-0.39, 0.29) is 12.1 Å². The molecule has 22 heavy (non-hydrogen) atoms. The van der Waals surface area contributed by atoms with Gasteiger partial charge < -0.3 is 4.74 Å². The second-order valence-electron chi connectivity index (χ2n) is 5.38. The van der Waals surface area contributed by atoms with E-state index in [9.17, 15) is 4.79 Å². The second-order valence-corrected chi connectivity index (χ2v) is 6.54. The number of esters is 1. The third-order valence-electron chi connectivity index (χ3n) is 3.27. The van der Waals surface area contributed by atoms with Crippen molar-refractivity contribution in [2.75, 3.05) is 13.6 Å². The van der Waals surface area contributed by atoms with E-state index >= 15 is 0 Å². The zero-order valence-electron chi connectivity index (χ0n) is 12.8. The molecule has 2 aromatic rings. The summed E-state index contributed by atoms with van der Waals surface area (Å²) in [6.07, 6.45) is -0.155. The molecule has 0 saturated carbocycles. The number of nitrogens with zero attached hydrogens (tertiary/aromatic N) is 1. The van der Waals surface area contributed by atoms with Crippen molar-refractivity contribution < 1.29 is 9.53 Å². The van der Waals surface area contributed by atoms with Gasteiger partial charge in [0.15, 0.2) is 0 Å². The number of carbonyl (C=O) groups excluding carboxylic acids is 1. The molecule has 0 saturated heterocycles. The van der Waals surface area contributed by atoms with E-state index in [2.05, 4.69) is 39.6 Å². The van der Waals surface area contributed by atoms with Crippen molar-refractivity contribution in [1.29, 1.82) is 0 Å². The standard InChI is InChI=1S/C18H20INO2/c1-14(12-20(2)13-15-8-4-3-5-9-15)22-18(21)16-10-6-7-11-17(16)19/h3-11,14H,12-13H2,1-2H3/t14-/m0/s1. The summed E-state index contributed by atoms with van der Waals surface area (Å²) in [6.45, 7) is 3.46. The molecule has 0 heterocycles. The van der Waals surface area contributed by atoms with Gasteiger partial charge in [-0.1, -0.05) is 42.5 Å². The highest BCUT2D eigenvalue weighted by atomic mass is 127. The number of ether oxygens (including phenoxy) is 1. The van der Waals surface area contributed by atoms with Crippen LogP contribution in [0.25, 0.3) is 0 Å². The lowest BCUT2D eigenvalue weighted by molar-refractivity contribution is 0.0266. The number of hydrogen-bond donors (Lipinski definition) is 0. The van der Waals surface area contributed by atoms with Crippen LogP contribution in [0.4, 0.5) is 0 Å². The number of hydrogen-bond acceptors (Lipinski definition) is 3. The maximum atomic E-state index is 12.2. The first kappa shape index (κ1) is 17.0. The Labute approximate surface area is 145 Å². The highest BCUT2D eigenvalue weighted by Gasteiger charge is 2.15. The van der Waals surface area contributed by atoms with Gasteiger partial charge in [-0.05, 0) is 54.3 Å². The van der Waals surface area contributed by atoms with Gasteiger partial charge in [-0.3, -0.25) is 4.90 Å². The normalized spacial score (nSPS) is 12.2. The van der Waals surface area contributed by atoms with Crippen LogP contribution in [0.3, 0.4) is 0 Å². The van der Waals surface area contributed by atoms with Crippen LogP contribution in [0.2, 0.25) is 0 Å². The van der Waals surface area contributed by atoms with Crippen LogP contribution in [0.5, 0.6) is 0 Å². The van der Waals surface area contributed by atoms with Gasteiger partial charge in [-0.15, -0.1) is 0 Å². The molecule has 3 nitrogen and oxygen atoms in total. The second kappa shape index (κ2) is 8.29. The monoisotopic (exact) mass is 409 g/mol. The predicted molar refractivity (Wildman–Crippen MR) is 96.8 cm³/mol. The molecule has 4 heteroatoms. The van der Waals surface area contributed by atoms with Crippen LogP contribution in [0.15, 0.2) is 54.6 Å². The lowest BCUT2D eigenvalue weighted by atomic mass is 10.2. The van der Waals surface area contributed by atoms with Crippen LogP contribution in [0, 0.1) is 3.57 Å². The molecule has 1 atom stereocenters. The van der Waals surface area contributed by atoms with Gasteiger partial charge in [-0.25, -0.2) is 4.79 Å². The summed E-state index contributed by atoms with van der Waals surface area (Å²) in [5, 5.41) is 0. The Balaban J connectivity index is 1.86. The van der Waals surface area contributed by atoms with Gasteiger partial charge in [0.1, 0.15) is 6.10 Å². The third kappa shape index (κ3) is 5.10. The molecule has 0 aliphatic heterocycles. The fraction of sp³-hybridized carbons (Fsp3) is 0.278. The van der Waals surface area contributed by atoms with Crippen LogP contribution in [-0.4, -0.2) is 30.6 Å². The number of benzene rings is 2. The van der Waals surface area contributed by atoms with Crippen LogP contribution < -0.4 is 0 Å². The molecule has 0 aliphatic rings. The largest absolute Gasteiger partial charge is 0.458 e. The molecular weight excluding hydrogens is 389 g/mol. The minimum absolute atomic E-state index is 0.155. The summed E-state index contributed by atoms with van der Waals surface area (Å²) in [4.78, 5) is 14.3. The molecule has 2 aromatic carbocycles. The van der Waals surface area contributed by atoms with Gasteiger partial charge in [-0.2, -0.15) is 0 Å². The molecule has 0 N–H and O–H groups in total. The first-order valence-corrected chi connectivity index (χ1v) is 8.32. The Hall–Kier alpha value is -1.40. The van der Waals surface area contributed by atoms with Crippen LogP contribution >= 0.6 is 22.6 Å². The van der Waals surface area contributed by atoms with Crippen molar-refractivity contribution in [3.8, 4) is 0 Å². The first-order chi connectivity index (χ1) is 10.6. The maximum Gasteiger partial charge on any atom is 0.339 e. The fourth-order valence-corrected chi connectivity index (χ4v) is 2.92. The highest BCUT2D eigenvalue weighted by Crippen LogP contribution is 2.14. The summed E-state index contributed by atoms with van der Waals surface area (Å²) < 4.78 is 6.45. The van der Waals surface area contributed by atoms with Crippen LogP contribution in [0.1, 0.15) is 22.8 Å². The van der Waals surface area contributed by atoms with E-state index in [0.717, 1.165) is 10.1 Å². The molecular formula is C18H20INO2. The summed E-state index contributed by atoms with van der Waals surface area (Å²) in [6, 6.07) is 17.7. The van der Waals surface area contributed by atoms with Gasteiger partial charge in [0, 0.05) is 16.7 Å². The Morgan fingerprint density at radius 1 is 1.14 bits per heavy atom. The van der Waals surface area contributed by atoms with Gasteiger partial charge >= 0.3 is 5.97 Å². The van der Waals surface area contributed by atoms with Gasteiger partial charge in [0.25, 0.3) is 0 Å². The van der Waals surface area contributed by atoms with E-state index in [1.807, 2.05) is 50.4 Å². The maximum absolute atomic E-state index is 12.2. The topological polar surface area (TPSA) is 29.5 Å². The zero-order valence-corrected chi connectivity index (χ0v) is 15.0. The molecule has 0 aliphatic carbocycles. The molecule has 0 aromatic heterocycles. The Bertz CT molecular complexity index is 615. The van der Waals surface area contributed by atoms with E-state index in [1.165, 1.54) is 5.56 Å². The molecule has 0 radical (unpaired) electrons. The Morgan fingerprint density at radius 2 is 1.77 bits per heavy atom. The summed E-state index contributed by atoms with van der Waals surface area (Å²) in [5.74, 6) is -0.259. The Morgan fingerprint density at radius 3 is 2.45 bits per heavy atom. The molecule has 116 valence electrons.